The molecule has 6 heteroatoms. The van der Waals surface area contributed by atoms with Crippen LogP contribution in [0.25, 0.3) is 0 Å². The summed E-state index contributed by atoms with van der Waals surface area (Å²) in [6.07, 6.45) is 1.68. The molecular formula is C21H27ClN4O. The van der Waals surface area contributed by atoms with Gasteiger partial charge in [0.2, 0.25) is 5.91 Å². The van der Waals surface area contributed by atoms with E-state index in [9.17, 15) is 4.79 Å². The van der Waals surface area contributed by atoms with Crippen molar-refractivity contribution in [3.63, 3.8) is 0 Å². The zero-order valence-corrected chi connectivity index (χ0v) is 16.8. The molecule has 1 aliphatic heterocycles. The number of anilines is 1. The summed E-state index contributed by atoms with van der Waals surface area (Å²) in [5, 5.41) is 0.648. The van der Waals surface area contributed by atoms with E-state index in [2.05, 4.69) is 40.8 Å². The monoisotopic (exact) mass is 386 g/mol. The Labute approximate surface area is 166 Å². The first-order valence-electron chi connectivity index (χ1n) is 9.45. The predicted molar refractivity (Wildman–Crippen MR) is 110 cm³/mol. The first-order valence-corrected chi connectivity index (χ1v) is 9.83. The van der Waals surface area contributed by atoms with Gasteiger partial charge in [0, 0.05) is 45.0 Å². The molecular weight excluding hydrogens is 360 g/mol. The summed E-state index contributed by atoms with van der Waals surface area (Å²) >= 11 is 5.91. The fourth-order valence-electron chi connectivity index (χ4n) is 3.31. The Balaban J connectivity index is 1.53. The number of hydrogen-bond donors (Lipinski definition) is 0. The highest BCUT2D eigenvalue weighted by Crippen LogP contribution is 2.16. The summed E-state index contributed by atoms with van der Waals surface area (Å²) in [5.74, 6) is 1.13. The van der Waals surface area contributed by atoms with Gasteiger partial charge < -0.3 is 9.80 Å². The Morgan fingerprint density at radius 1 is 1.11 bits per heavy atom. The Bertz CT molecular complexity index is 728. The third-order valence-electron chi connectivity index (χ3n) is 4.91. The third-order valence-corrected chi connectivity index (χ3v) is 5.13. The molecule has 0 radical (unpaired) electrons. The van der Waals surface area contributed by atoms with E-state index in [-0.39, 0.29) is 11.9 Å². The average Bonchev–Trinajstić information content (AvgIpc) is 2.68. The molecule has 144 valence electrons. The smallest absolute Gasteiger partial charge is 0.237 e. The number of carbonyl (C=O) groups is 1. The van der Waals surface area contributed by atoms with Crippen LogP contribution >= 0.6 is 11.6 Å². The SMILES string of the molecule is CC(C)N(Cc1ccccc1)C(=O)CN1CCN(c2ccc(Cl)cn2)CC1. The first-order chi connectivity index (χ1) is 13.0. The Kier molecular flexibility index (Phi) is 6.69. The minimum Gasteiger partial charge on any atom is -0.354 e. The Morgan fingerprint density at radius 2 is 1.81 bits per heavy atom. The lowest BCUT2D eigenvalue weighted by Crippen LogP contribution is -2.51. The Hall–Kier alpha value is -2.11. The zero-order valence-electron chi connectivity index (χ0n) is 16.0. The van der Waals surface area contributed by atoms with Crippen LogP contribution in [0.4, 0.5) is 5.82 Å². The van der Waals surface area contributed by atoms with Gasteiger partial charge in [0.05, 0.1) is 11.6 Å². The minimum atomic E-state index is 0.178. The standard InChI is InChI=1S/C21H27ClN4O/c1-17(2)26(15-18-6-4-3-5-7-18)21(27)16-24-10-12-25(13-11-24)20-9-8-19(22)14-23-20/h3-9,14,17H,10-13,15-16H2,1-2H3. The molecule has 1 aromatic heterocycles. The van der Waals surface area contributed by atoms with Gasteiger partial charge in [-0.15, -0.1) is 0 Å². The number of carbonyl (C=O) groups excluding carboxylic acids is 1. The Morgan fingerprint density at radius 3 is 2.41 bits per heavy atom. The van der Waals surface area contributed by atoms with Gasteiger partial charge >= 0.3 is 0 Å². The number of aromatic nitrogens is 1. The lowest BCUT2D eigenvalue weighted by Gasteiger charge is -2.36. The van der Waals surface area contributed by atoms with Crippen molar-refractivity contribution in [2.45, 2.75) is 26.4 Å². The molecule has 0 N–H and O–H groups in total. The lowest BCUT2D eigenvalue weighted by atomic mass is 10.2. The fourth-order valence-corrected chi connectivity index (χ4v) is 3.42. The second-order valence-corrected chi connectivity index (χ2v) is 7.64. The molecule has 2 heterocycles. The van der Waals surface area contributed by atoms with Crippen molar-refractivity contribution in [3.05, 3.63) is 59.2 Å². The maximum absolute atomic E-state index is 12.9. The van der Waals surface area contributed by atoms with E-state index >= 15 is 0 Å². The van der Waals surface area contributed by atoms with Gasteiger partial charge in [-0.3, -0.25) is 9.69 Å². The molecule has 27 heavy (non-hydrogen) atoms. The summed E-state index contributed by atoms with van der Waals surface area (Å²) in [5.41, 5.74) is 1.16. The van der Waals surface area contributed by atoms with Crippen LogP contribution in [0.15, 0.2) is 48.7 Å². The van der Waals surface area contributed by atoms with Gasteiger partial charge in [0.1, 0.15) is 5.82 Å². The second-order valence-electron chi connectivity index (χ2n) is 7.20. The molecule has 2 aromatic rings. The van der Waals surface area contributed by atoms with Gasteiger partial charge in [-0.25, -0.2) is 4.98 Å². The van der Waals surface area contributed by atoms with Crippen LogP contribution < -0.4 is 4.90 Å². The summed E-state index contributed by atoms with van der Waals surface area (Å²) in [6, 6.07) is 14.2. The quantitative estimate of drug-likeness (QED) is 0.763. The number of nitrogens with zero attached hydrogens (tertiary/aromatic N) is 4. The lowest BCUT2D eigenvalue weighted by molar-refractivity contribution is -0.134. The summed E-state index contributed by atoms with van der Waals surface area (Å²) in [4.78, 5) is 23.7. The van der Waals surface area contributed by atoms with Crippen molar-refractivity contribution in [2.24, 2.45) is 0 Å². The van der Waals surface area contributed by atoms with Gasteiger partial charge in [-0.05, 0) is 31.5 Å². The van der Waals surface area contributed by atoms with Crippen LogP contribution in [0.5, 0.6) is 0 Å². The van der Waals surface area contributed by atoms with Crippen LogP contribution in [0.3, 0.4) is 0 Å². The molecule has 0 aliphatic carbocycles. The van der Waals surface area contributed by atoms with Gasteiger partial charge in [-0.2, -0.15) is 0 Å². The number of pyridine rings is 1. The van der Waals surface area contributed by atoms with Crippen molar-refractivity contribution >= 4 is 23.3 Å². The molecule has 0 unspecified atom stereocenters. The van der Waals surface area contributed by atoms with E-state index in [0.29, 0.717) is 18.1 Å². The molecule has 0 saturated carbocycles. The summed E-state index contributed by atoms with van der Waals surface area (Å²) < 4.78 is 0. The zero-order chi connectivity index (χ0) is 19.2. The highest BCUT2D eigenvalue weighted by atomic mass is 35.5. The van der Waals surface area contributed by atoms with Crippen LogP contribution in [-0.4, -0.2) is 59.5 Å². The van der Waals surface area contributed by atoms with E-state index in [4.69, 9.17) is 11.6 Å². The molecule has 5 nitrogen and oxygen atoms in total. The molecule has 1 fully saturated rings. The molecule has 1 aromatic carbocycles. The van der Waals surface area contributed by atoms with Crippen LogP contribution in [0.2, 0.25) is 5.02 Å². The van der Waals surface area contributed by atoms with Crippen molar-refractivity contribution in [3.8, 4) is 0 Å². The number of piperazine rings is 1. The first kappa shape index (κ1) is 19.6. The molecule has 1 amide bonds. The van der Waals surface area contributed by atoms with Crippen LogP contribution in [0.1, 0.15) is 19.4 Å². The third kappa shape index (κ3) is 5.44. The van der Waals surface area contributed by atoms with E-state index in [1.807, 2.05) is 35.2 Å². The number of hydrogen-bond acceptors (Lipinski definition) is 4. The number of benzene rings is 1. The van der Waals surface area contributed by atoms with E-state index < -0.39 is 0 Å². The topological polar surface area (TPSA) is 39.7 Å². The number of rotatable bonds is 6. The van der Waals surface area contributed by atoms with Crippen LogP contribution in [-0.2, 0) is 11.3 Å². The predicted octanol–water partition coefficient (Wildman–Crippen LogP) is 3.29. The van der Waals surface area contributed by atoms with Gasteiger partial charge in [0.15, 0.2) is 0 Å². The highest BCUT2D eigenvalue weighted by molar-refractivity contribution is 6.30. The molecule has 0 spiro atoms. The largest absolute Gasteiger partial charge is 0.354 e. The van der Waals surface area contributed by atoms with E-state index in [1.165, 1.54) is 0 Å². The molecule has 0 bridgehead atoms. The second kappa shape index (κ2) is 9.20. The molecule has 0 atom stereocenters. The maximum atomic E-state index is 12.9. The van der Waals surface area contributed by atoms with Crippen LogP contribution in [0, 0.1) is 0 Å². The van der Waals surface area contributed by atoms with E-state index in [1.54, 1.807) is 6.20 Å². The molecule has 1 saturated heterocycles. The normalized spacial score (nSPS) is 15.2. The van der Waals surface area contributed by atoms with Crippen molar-refractivity contribution in [1.29, 1.82) is 0 Å². The molecule has 3 rings (SSSR count). The minimum absolute atomic E-state index is 0.178. The van der Waals surface area contributed by atoms with Gasteiger partial charge in [0.25, 0.3) is 0 Å². The van der Waals surface area contributed by atoms with Crippen molar-refractivity contribution in [1.82, 2.24) is 14.8 Å². The fraction of sp³-hybridized carbons (Fsp3) is 0.429. The highest BCUT2D eigenvalue weighted by Gasteiger charge is 2.23. The number of amides is 1. The van der Waals surface area contributed by atoms with E-state index in [0.717, 1.165) is 37.6 Å². The van der Waals surface area contributed by atoms with Crippen molar-refractivity contribution in [2.75, 3.05) is 37.6 Å². The summed E-state index contributed by atoms with van der Waals surface area (Å²) in [6.45, 7) is 8.71. The van der Waals surface area contributed by atoms with Gasteiger partial charge in [-0.1, -0.05) is 41.9 Å². The van der Waals surface area contributed by atoms with Crippen molar-refractivity contribution < 1.29 is 4.79 Å². The summed E-state index contributed by atoms with van der Waals surface area (Å²) in [7, 11) is 0. The number of halogens is 1. The average molecular weight is 387 g/mol. The molecule has 1 aliphatic rings. The maximum Gasteiger partial charge on any atom is 0.237 e.